The van der Waals surface area contributed by atoms with Crippen molar-refractivity contribution in [3.05, 3.63) is 18.9 Å². The van der Waals surface area contributed by atoms with Gasteiger partial charge in [-0.05, 0) is 6.42 Å². The van der Waals surface area contributed by atoms with Crippen molar-refractivity contribution < 1.29 is 18.9 Å². The van der Waals surface area contributed by atoms with Crippen LogP contribution in [-0.2, 0) is 14.3 Å². The van der Waals surface area contributed by atoms with E-state index in [0.717, 1.165) is 6.42 Å². The highest BCUT2D eigenvalue weighted by Gasteiger charge is 2.43. The summed E-state index contributed by atoms with van der Waals surface area (Å²) in [5, 5.41) is 6.94. The Morgan fingerprint density at radius 3 is 3.00 bits per heavy atom. The number of nitrogens with zero attached hydrogens (tertiary/aromatic N) is 1. The first kappa shape index (κ1) is 13.1. The molecule has 0 aromatic heterocycles. The molecule has 5 heteroatoms. The smallest absolute Gasteiger partial charge is 0.407 e. The molecule has 0 spiro atoms. The maximum Gasteiger partial charge on any atom is 0.407 e. The number of hydrogen-bond acceptors (Lipinski definition) is 4. The van der Waals surface area contributed by atoms with Crippen molar-refractivity contribution in [2.75, 3.05) is 7.11 Å². The van der Waals surface area contributed by atoms with Gasteiger partial charge in [0, 0.05) is 12.3 Å². The first-order chi connectivity index (χ1) is 8.15. The van der Waals surface area contributed by atoms with E-state index in [2.05, 4.69) is 17.2 Å². The zero-order chi connectivity index (χ0) is 12.8. The fraction of sp³-hybridized carbons (Fsp3) is 0.417. The SMILES string of the molecule is C=CCC[C@@H]1CC(=O)C(C(=O)OC)=[N+]1C=C=N. The van der Waals surface area contributed by atoms with Crippen LogP contribution in [0.1, 0.15) is 19.3 Å². The predicted molar refractivity (Wildman–Crippen MR) is 62.4 cm³/mol. The van der Waals surface area contributed by atoms with Gasteiger partial charge in [0.2, 0.25) is 12.0 Å². The summed E-state index contributed by atoms with van der Waals surface area (Å²) in [6, 6.07) is -0.118. The highest BCUT2D eigenvalue weighted by molar-refractivity contribution is 6.63. The lowest BCUT2D eigenvalue weighted by atomic mass is 10.1. The first-order valence-corrected chi connectivity index (χ1v) is 5.29. The van der Waals surface area contributed by atoms with E-state index in [9.17, 15) is 9.59 Å². The van der Waals surface area contributed by atoms with Gasteiger partial charge in [-0.2, -0.15) is 4.58 Å². The van der Waals surface area contributed by atoms with Crippen molar-refractivity contribution in [3.8, 4) is 0 Å². The number of methoxy groups -OCH3 is 1. The fourth-order valence-corrected chi connectivity index (χ4v) is 1.84. The summed E-state index contributed by atoms with van der Waals surface area (Å²) < 4.78 is 6.04. The number of ether oxygens (including phenoxy) is 1. The maximum absolute atomic E-state index is 11.7. The number of carbonyl (C=O) groups is 2. The van der Waals surface area contributed by atoms with E-state index in [-0.39, 0.29) is 24.0 Å². The Bertz CT molecular complexity index is 431. The van der Waals surface area contributed by atoms with Crippen molar-refractivity contribution in [2.24, 2.45) is 0 Å². The van der Waals surface area contributed by atoms with Gasteiger partial charge in [0.1, 0.15) is 0 Å². The van der Waals surface area contributed by atoms with Crippen LogP contribution in [0.15, 0.2) is 18.9 Å². The van der Waals surface area contributed by atoms with Crippen LogP contribution >= 0.6 is 0 Å². The highest BCUT2D eigenvalue weighted by atomic mass is 16.5. The van der Waals surface area contributed by atoms with Crippen LogP contribution in [0.2, 0.25) is 0 Å². The summed E-state index contributed by atoms with van der Waals surface area (Å²) >= 11 is 0. The zero-order valence-electron chi connectivity index (χ0n) is 9.73. The number of allylic oxidation sites excluding steroid dienone is 1. The van der Waals surface area contributed by atoms with E-state index < -0.39 is 5.97 Å². The molecule has 0 fully saturated rings. The number of hydrogen-bond donors (Lipinski definition) is 1. The summed E-state index contributed by atoms with van der Waals surface area (Å²) in [6.45, 7) is 3.62. The van der Waals surface area contributed by atoms with Crippen molar-refractivity contribution >= 4 is 23.3 Å². The van der Waals surface area contributed by atoms with Crippen LogP contribution in [0, 0.1) is 5.41 Å². The van der Waals surface area contributed by atoms with E-state index in [1.807, 2.05) is 0 Å². The quantitative estimate of drug-likeness (QED) is 0.330. The van der Waals surface area contributed by atoms with Crippen LogP contribution in [0.4, 0.5) is 0 Å². The van der Waals surface area contributed by atoms with Crippen LogP contribution in [0.3, 0.4) is 0 Å². The minimum Gasteiger partial charge on any atom is -0.461 e. The molecule has 0 bridgehead atoms. The predicted octanol–water partition coefficient (Wildman–Crippen LogP) is 0.683. The van der Waals surface area contributed by atoms with Crippen LogP contribution in [0.5, 0.6) is 0 Å². The van der Waals surface area contributed by atoms with Crippen LogP contribution in [-0.4, -0.2) is 41.1 Å². The van der Waals surface area contributed by atoms with E-state index in [0.29, 0.717) is 6.42 Å². The number of esters is 1. The number of carbonyl (C=O) groups excluding carboxylic acids is 2. The second kappa shape index (κ2) is 5.92. The molecule has 1 N–H and O–H groups in total. The largest absolute Gasteiger partial charge is 0.461 e. The first-order valence-electron chi connectivity index (χ1n) is 5.29. The Morgan fingerprint density at radius 2 is 2.47 bits per heavy atom. The van der Waals surface area contributed by atoms with Crippen LogP contribution in [0.25, 0.3) is 0 Å². The van der Waals surface area contributed by atoms with Crippen molar-refractivity contribution in [3.63, 3.8) is 0 Å². The van der Waals surface area contributed by atoms with Gasteiger partial charge in [-0.3, -0.25) is 10.2 Å². The Hall–Kier alpha value is -2.00. The molecular weight excluding hydrogens is 220 g/mol. The molecule has 0 aromatic rings. The third-order valence-electron chi connectivity index (χ3n) is 2.62. The molecule has 1 rings (SSSR count). The lowest BCUT2D eigenvalue weighted by molar-refractivity contribution is -0.490. The van der Waals surface area contributed by atoms with Gasteiger partial charge < -0.3 is 4.74 Å². The van der Waals surface area contributed by atoms with Gasteiger partial charge in [0.05, 0.1) is 13.5 Å². The van der Waals surface area contributed by atoms with E-state index in [1.54, 1.807) is 6.08 Å². The second-order valence-electron chi connectivity index (χ2n) is 3.67. The molecule has 0 radical (unpaired) electrons. The second-order valence-corrected chi connectivity index (χ2v) is 3.67. The number of ketones is 1. The van der Waals surface area contributed by atoms with Gasteiger partial charge in [-0.15, -0.1) is 6.58 Å². The summed E-state index contributed by atoms with van der Waals surface area (Å²) in [4.78, 5) is 23.2. The molecule has 90 valence electrons. The summed E-state index contributed by atoms with van der Waals surface area (Å²) in [5.41, 5.74) is -0.0127. The Kier molecular flexibility index (Phi) is 4.55. The summed E-state index contributed by atoms with van der Waals surface area (Å²) in [7, 11) is 1.23. The van der Waals surface area contributed by atoms with Gasteiger partial charge >= 0.3 is 11.7 Å². The van der Waals surface area contributed by atoms with E-state index in [1.165, 1.54) is 17.9 Å². The Labute approximate surface area is 99.6 Å². The Morgan fingerprint density at radius 1 is 1.76 bits per heavy atom. The molecule has 0 unspecified atom stereocenters. The molecule has 0 saturated heterocycles. The summed E-state index contributed by atoms with van der Waals surface area (Å²) in [5.74, 6) is 1.17. The third kappa shape index (κ3) is 2.77. The number of Topliss-reactive ketones (excluding diaryl/α,β-unsaturated/α-hetero) is 1. The van der Waals surface area contributed by atoms with Gasteiger partial charge in [0.15, 0.2) is 6.04 Å². The van der Waals surface area contributed by atoms with Crippen molar-refractivity contribution in [1.82, 2.24) is 0 Å². The molecule has 5 nitrogen and oxygen atoms in total. The van der Waals surface area contributed by atoms with Gasteiger partial charge in [-0.1, -0.05) is 6.08 Å². The van der Waals surface area contributed by atoms with Gasteiger partial charge in [0.25, 0.3) is 0 Å². The number of rotatable bonds is 5. The third-order valence-corrected chi connectivity index (χ3v) is 2.62. The topological polar surface area (TPSA) is 70.2 Å². The zero-order valence-corrected chi connectivity index (χ0v) is 9.73. The van der Waals surface area contributed by atoms with E-state index in [4.69, 9.17) is 5.41 Å². The lowest BCUT2D eigenvalue weighted by Crippen LogP contribution is -2.28. The maximum atomic E-state index is 11.7. The van der Waals surface area contributed by atoms with Crippen molar-refractivity contribution in [2.45, 2.75) is 25.3 Å². The molecule has 1 aliphatic heterocycles. The lowest BCUT2D eigenvalue weighted by Gasteiger charge is -2.03. The van der Waals surface area contributed by atoms with Crippen molar-refractivity contribution in [1.29, 1.82) is 5.41 Å². The molecule has 0 aromatic carbocycles. The average molecular weight is 235 g/mol. The highest BCUT2D eigenvalue weighted by Crippen LogP contribution is 2.16. The fourth-order valence-electron chi connectivity index (χ4n) is 1.84. The monoisotopic (exact) mass is 235 g/mol. The minimum absolute atomic E-state index is 0.0127. The molecule has 0 saturated carbocycles. The van der Waals surface area contributed by atoms with Crippen LogP contribution < -0.4 is 0 Å². The molecular formula is C12H15N2O3+. The van der Waals surface area contributed by atoms with Gasteiger partial charge in [-0.25, -0.2) is 4.79 Å². The molecule has 1 heterocycles. The standard InChI is InChI=1S/C12H15N2O3/c1-3-4-5-9-8-10(15)11(12(16)17-2)14(9)7-6-13/h3,7,9,13H,1,4-5,8H2,2H3/q+1/t9-/m1/s1. The molecule has 1 atom stereocenters. The molecule has 0 aliphatic carbocycles. The molecule has 1 aliphatic rings. The Balaban J connectivity index is 3.09. The molecule has 17 heavy (non-hydrogen) atoms. The number of nitrogens with one attached hydrogen (secondary N) is 1. The minimum atomic E-state index is -0.664. The molecule has 0 amide bonds. The average Bonchev–Trinajstić information content (AvgIpc) is 2.63. The van der Waals surface area contributed by atoms with E-state index >= 15 is 0 Å². The summed E-state index contributed by atoms with van der Waals surface area (Å²) in [6.07, 6.45) is 4.76. The normalized spacial score (nSPS) is 18.9.